The van der Waals surface area contributed by atoms with Crippen LogP contribution < -0.4 is 10.1 Å². The first-order valence-corrected chi connectivity index (χ1v) is 10.4. The molecular formula is C24H30N2O4. The first kappa shape index (κ1) is 21.8. The molecular weight excluding hydrogens is 380 g/mol. The van der Waals surface area contributed by atoms with Gasteiger partial charge in [-0.15, -0.1) is 0 Å². The molecule has 1 fully saturated rings. The zero-order valence-corrected chi connectivity index (χ0v) is 17.9. The van der Waals surface area contributed by atoms with Crippen molar-refractivity contribution in [3.63, 3.8) is 0 Å². The number of piperidine rings is 1. The Labute approximate surface area is 178 Å². The van der Waals surface area contributed by atoms with E-state index in [9.17, 15) is 9.59 Å². The molecule has 0 bridgehead atoms. The molecule has 0 spiro atoms. The smallest absolute Gasteiger partial charge is 0.310 e. The summed E-state index contributed by atoms with van der Waals surface area (Å²) in [5, 5.41) is 3.05. The molecule has 2 atom stereocenters. The van der Waals surface area contributed by atoms with E-state index in [2.05, 4.69) is 10.2 Å². The number of benzene rings is 2. The van der Waals surface area contributed by atoms with E-state index in [-0.39, 0.29) is 17.8 Å². The van der Waals surface area contributed by atoms with Crippen LogP contribution in [0.3, 0.4) is 0 Å². The number of esters is 1. The van der Waals surface area contributed by atoms with Crippen LogP contribution in [-0.2, 0) is 14.3 Å². The van der Waals surface area contributed by atoms with Crippen LogP contribution in [0.4, 0.5) is 5.69 Å². The molecule has 3 rings (SSSR count). The molecule has 2 aromatic carbocycles. The van der Waals surface area contributed by atoms with Crippen molar-refractivity contribution < 1.29 is 19.1 Å². The largest absolute Gasteiger partial charge is 0.495 e. The number of anilines is 1. The molecule has 6 heteroatoms. The first-order valence-electron chi connectivity index (χ1n) is 10.4. The van der Waals surface area contributed by atoms with Gasteiger partial charge in [0.1, 0.15) is 11.8 Å². The predicted octanol–water partition coefficient (Wildman–Crippen LogP) is 3.96. The van der Waals surface area contributed by atoms with Crippen LogP contribution in [-0.4, -0.2) is 43.6 Å². The summed E-state index contributed by atoms with van der Waals surface area (Å²) in [6.45, 7) is 5.39. The summed E-state index contributed by atoms with van der Waals surface area (Å²) in [6, 6.07) is 14.9. The molecule has 0 aromatic heterocycles. The van der Waals surface area contributed by atoms with Gasteiger partial charge >= 0.3 is 5.97 Å². The van der Waals surface area contributed by atoms with Gasteiger partial charge in [0.2, 0.25) is 5.91 Å². The van der Waals surface area contributed by atoms with Gasteiger partial charge < -0.3 is 14.8 Å². The number of nitrogens with zero attached hydrogens (tertiary/aromatic N) is 1. The quantitative estimate of drug-likeness (QED) is 0.700. The van der Waals surface area contributed by atoms with Crippen molar-refractivity contribution in [1.29, 1.82) is 0 Å². The molecule has 1 aliphatic heterocycles. The summed E-state index contributed by atoms with van der Waals surface area (Å²) in [4.78, 5) is 27.9. The average Bonchev–Trinajstić information content (AvgIpc) is 2.75. The lowest BCUT2D eigenvalue weighted by atomic mass is 9.94. The van der Waals surface area contributed by atoms with E-state index in [0.29, 0.717) is 24.6 Å². The van der Waals surface area contributed by atoms with Gasteiger partial charge in [0.05, 0.1) is 25.3 Å². The van der Waals surface area contributed by atoms with Gasteiger partial charge in [-0.05, 0) is 56.5 Å². The third kappa shape index (κ3) is 5.19. The number of carbonyl (C=O) groups excluding carboxylic acids is 2. The maximum Gasteiger partial charge on any atom is 0.310 e. The molecule has 1 heterocycles. The van der Waals surface area contributed by atoms with Gasteiger partial charge in [-0.1, -0.05) is 36.4 Å². The molecule has 0 saturated carbocycles. The third-order valence-corrected chi connectivity index (χ3v) is 5.41. The monoisotopic (exact) mass is 410 g/mol. The van der Waals surface area contributed by atoms with Crippen LogP contribution in [0.2, 0.25) is 0 Å². The minimum Gasteiger partial charge on any atom is -0.495 e. The second kappa shape index (κ2) is 10.3. The summed E-state index contributed by atoms with van der Waals surface area (Å²) >= 11 is 0. The number of hydrogen-bond acceptors (Lipinski definition) is 5. The van der Waals surface area contributed by atoms with Crippen molar-refractivity contribution in [2.45, 2.75) is 32.7 Å². The molecule has 1 N–H and O–H groups in total. The second-order valence-electron chi connectivity index (χ2n) is 7.59. The standard InChI is InChI=1S/C24H30N2O4/c1-4-30-24(28)19-11-8-14-26(16-19)22(18-9-6-5-7-10-18)23(27)25-20-15-17(2)12-13-21(20)29-3/h5-7,9-10,12-13,15,19,22H,4,8,11,14,16H2,1-3H3,(H,25,27)/t19-,22+/m1/s1. The fraction of sp³-hybridized carbons (Fsp3) is 0.417. The minimum atomic E-state index is -0.506. The molecule has 160 valence electrons. The van der Waals surface area contributed by atoms with E-state index in [1.54, 1.807) is 7.11 Å². The number of hydrogen-bond donors (Lipinski definition) is 1. The summed E-state index contributed by atoms with van der Waals surface area (Å²) in [5.74, 6) is 0.0689. The Hall–Kier alpha value is -2.86. The minimum absolute atomic E-state index is 0.144. The number of ether oxygens (including phenoxy) is 2. The summed E-state index contributed by atoms with van der Waals surface area (Å²) < 4.78 is 10.7. The summed E-state index contributed by atoms with van der Waals surface area (Å²) in [7, 11) is 1.59. The van der Waals surface area contributed by atoms with Crippen molar-refractivity contribution in [2.24, 2.45) is 5.92 Å². The highest BCUT2D eigenvalue weighted by Crippen LogP contribution is 2.31. The van der Waals surface area contributed by atoms with Gasteiger partial charge in [0.15, 0.2) is 0 Å². The number of amides is 1. The Morgan fingerprint density at radius 2 is 1.97 bits per heavy atom. The molecule has 2 aromatic rings. The highest BCUT2D eigenvalue weighted by Gasteiger charge is 2.35. The van der Waals surface area contributed by atoms with Gasteiger partial charge in [0.25, 0.3) is 0 Å². The maximum atomic E-state index is 13.5. The van der Waals surface area contributed by atoms with Crippen molar-refractivity contribution in [3.8, 4) is 5.75 Å². The predicted molar refractivity (Wildman–Crippen MR) is 116 cm³/mol. The van der Waals surface area contributed by atoms with E-state index in [1.165, 1.54) is 0 Å². The lowest BCUT2D eigenvalue weighted by molar-refractivity contribution is -0.151. The van der Waals surface area contributed by atoms with Crippen LogP contribution in [0.15, 0.2) is 48.5 Å². The van der Waals surface area contributed by atoms with Gasteiger partial charge in [-0.3, -0.25) is 14.5 Å². The molecule has 0 aliphatic carbocycles. The van der Waals surface area contributed by atoms with Crippen molar-refractivity contribution >= 4 is 17.6 Å². The van der Waals surface area contributed by atoms with Gasteiger partial charge in [-0.2, -0.15) is 0 Å². The van der Waals surface area contributed by atoms with Crippen molar-refractivity contribution in [1.82, 2.24) is 4.90 Å². The summed E-state index contributed by atoms with van der Waals surface area (Å²) in [6.07, 6.45) is 1.62. The zero-order chi connectivity index (χ0) is 21.5. The van der Waals surface area contributed by atoms with E-state index in [4.69, 9.17) is 9.47 Å². The normalized spacial score (nSPS) is 17.8. The van der Waals surface area contributed by atoms with Crippen molar-refractivity contribution in [3.05, 3.63) is 59.7 Å². The number of likely N-dealkylation sites (tertiary alicyclic amines) is 1. The number of nitrogens with one attached hydrogen (secondary N) is 1. The lowest BCUT2D eigenvalue weighted by Crippen LogP contribution is -2.45. The average molecular weight is 411 g/mol. The van der Waals surface area contributed by atoms with Crippen LogP contribution >= 0.6 is 0 Å². The molecule has 1 amide bonds. The molecule has 0 radical (unpaired) electrons. The number of aryl methyl sites for hydroxylation is 1. The highest BCUT2D eigenvalue weighted by atomic mass is 16.5. The Balaban J connectivity index is 1.87. The van der Waals surface area contributed by atoms with Crippen molar-refractivity contribution in [2.75, 3.05) is 32.1 Å². The number of methoxy groups -OCH3 is 1. The fourth-order valence-corrected chi connectivity index (χ4v) is 3.98. The Morgan fingerprint density at radius 1 is 1.20 bits per heavy atom. The number of rotatable bonds is 7. The zero-order valence-electron chi connectivity index (χ0n) is 17.9. The van der Waals surface area contributed by atoms with E-state index in [0.717, 1.165) is 30.5 Å². The molecule has 30 heavy (non-hydrogen) atoms. The summed E-state index contributed by atoms with van der Waals surface area (Å²) in [5.41, 5.74) is 2.57. The molecule has 1 saturated heterocycles. The molecule has 6 nitrogen and oxygen atoms in total. The van der Waals surface area contributed by atoms with E-state index in [1.807, 2.05) is 62.4 Å². The number of carbonyl (C=O) groups is 2. The third-order valence-electron chi connectivity index (χ3n) is 5.41. The van der Waals surface area contributed by atoms with Gasteiger partial charge in [-0.25, -0.2) is 0 Å². The van der Waals surface area contributed by atoms with Crippen LogP contribution in [0.25, 0.3) is 0 Å². The Kier molecular flexibility index (Phi) is 7.46. The molecule has 0 unspecified atom stereocenters. The van der Waals surface area contributed by atoms with E-state index < -0.39 is 6.04 Å². The van der Waals surface area contributed by atoms with Crippen LogP contribution in [0, 0.1) is 12.8 Å². The highest BCUT2D eigenvalue weighted by molar-refractivity contribution is 5.97. The van der Waals surface area contributed by atoms with Gasteiger partial charge in [0, 0.05) is 6.54 Å². The fourth-order valence-electron chi connectivity index (χ4n) is 3.98. The molecule has 1 aliphatic rings. The SMILES string of the molecule is CCOC(=O)[C@@H]1CCCN([C@H](C(=O)Nc2cc(C)ccc2OC)c2ccccc2)C1. The topological polar surface area (TPSA) is 67.9 Å². The maximum absolute atomic E-state index is 13.5. The van der Waals surface area contributed by atoms with Crippen LogP contribution in [0.1, 0.15) is 36.9 Å². The van der Waals surface area contributed by atoms with Crippen LogP contribution in [0.5, 0.6) is 5.75 Å². The Bertz CT molecular complexity index is 869. The second-order valence-corrected chi connectivity index (χ2v) is 7.59. The lowest BCUT2D eigenvalue weighted by Gasteiger charge is -2.37. The van der Waals surface area contributed by atoms with E-state index >= 15 is 0 Å². The Morgan fingerprint density at radius 3 is 2.67 bits per heavy atom. The first-order chi connectivity index (χ1) is 14.5.